The number of amides is 5. The van der Waals surface area contributed by atoms with E-state index >= 15 is 0 Å². The summed E-state index contributed by atoms with van der Waals surface area (Å²) in [5.74, 6) is -4.25. The van der Waals surface area contributed by atoms with Crippen LogP contribution in [-0.2, 0) is 35.3 Å². The topological polar surface area (TPSA) is 192 Å². The number of carbonyl (C=O) groups is 6. The van der Waals surface area contributed by atoms with E-state index in [2.05, 4.69) is 39.7 Å². The molecule has 1 rings (SSSR count). The van der Waals surface area contributed by atoms with Crippen LogP contribution in [0.1, 0.15) is 93.1 Å². The molecule has 13 heteroatoms. The Labute approximate surface area is 321 Å². The first-order valence-corrected chi connectivity index (χ1v) is 19.0. The molecular weight excluding hydrogens is 690 g/mol. The molecule has 0 saturated carbocycles. The van der Waals surface area contributed by atoms with Crippen LogP contribution in [0.2, 0.25) is 0 Å². The molecule has 7 atom stereocenters. The molecule has 0 bridgehead atoms. The van der Waals surface area contributed by atoms with Crippen LogP contribution >= 0.6 is 0 Å². The smallest absolute Gasteiger partial charge is 0.407 e. The van der Waals surface area contributed by atoms with Gasteiger partial charge in [-0.2, -0.15) is 0 Å². The maximum atomic E-state index is 13.9. The predicted octanol–water partition coefficient (Wildman–Crippen LogP) is 4.34. The molecule has 302 valence electrons. The van der Waals surface area contributed by atoms with Crippen molar-refractivity contribution < 1.29 is 38.6 Å². The molecule has 0 aliphatic rings. The summed E-state index contributed by atoms with van der Waals surface area (Å²) in [6.45, 7) is 21.9. The summed E-state index contributed by atoms with van der Waals surface area (Å²) in [4.78, 5) is 79.4. The van der Waals surface area contributed by atoms with Crippen molar-refractivity contribution >= 4 is 35.5 Å². The Morgan fingerprint density at radius 3 is 1.89 bits per heavy atom. The zero-order chi connectivity index (χ0) is 41.0. The highest BCUT2D eigenvalue weighted by molar-refractivity contribution is 5.95. The summed E-state index contributed by atoms with van der Waals surface area (Å²) in [7, 11) is 0. The third-order valence-electron chi connectivity index (χ3n) is 9.00. The number of allylic oxidation sites excluding steroid dienone is 1. The number of hydrogen-bond donors (Lipinski definition) is 6. The molecule has 13 nitrogen and oxygen atoms in total. The van der Waals surface area contributed by atoms with Gasteiger partial charge in [-0.05, 0) is 49.0 Å². The van der Waals surface area contributed by atoms with Crippen molar-refractivity contribution in [3.8, 4) is 0 Å². The minimum atomic E-state index is -1.33. The summed E-state index contributed by atoms with van der Waals surface area (Å²) in [6.07, 6.45) is 1.92. The van der Waals surface area contributed by atoms with E-state index in [1.54, 1.807) is 39.8 Å². The van der Waals surface area contributed by atoms with Crippen LogP contribution < -0.4 is 26.6 Å². The highest BCUT2D eigenvalue weighted by atomic mass is 16.5. The molecule has 0 aliphatic heterocycles. The number of ether oxygens (including phenoxy) is 1. The van der Waals surface area contributed by atoms with Gasteiger partial charge in [0.1, 0.15) is 23.9 Å². The maximum Gasteiger partial charge on any atom is 0.407 e. The number of aliphatic hydroxyl groups is 1. The van der Waals surface area contributed by atoms with Gasteiger partial charge in [0.05, 0.1) is 18.8 Å². The second-order valence-corrected chi connectivity index (χ2v) is 15.1. The van der Waals surface area contributed by atoms with Gasteiger partial charge in [-0.15, -0.1) is 13.2 Å². The number of nitrogens with one attached hydrogen (secondary N) is 5. The highest BCUT2D eigenvalue weighted by Crippen LogP contribution is 2.18. The van der Waals surface area contributed by atoms with Gasteiger partial charge in [-0.1, -0.05) is 97.9 Å². The fourth-order valence-electron chi connectivity index (χ4n) is 5.66. The lowest BCUT2D eigenvalue weighted by molar-refractivity contribution is -0.134. The number of Topliss-reactive ketones (excluding diaryl/α,β-unsaturated/α-hetero) is 1. The van der Waals surface area contributed by atoms with Gasteiger partial charge >= 0.3 is 6.09 Å². The molecule has 6 N–H and O–H groups in total. The van der Waals surface area contributed by atoms with Crippen LogP contribution in [0.5, 0.6) is 0 Å². The van der Waals surface area contributed by atoms with Crippen molar-refractivity contribution in [2.45, 2.75) is 124 Å². The van der Waals surface area contributed by atoms with Crippen LogP contribution in [0.25, 0.3) is 0 Å². The molecule has 1 aromatic rings. The first kappa shape index (κ1) is 47.5. The van der Waals surface area contributed by atoms with Crippen LogP contribution in [0.3, 0.4) is 0 Å². The van der Waals surface area contributed by atoms with Crippen molar-refractivity contribution in [2.24, 2.45) is 29.6 Å². The average Bonchev–Trinajstić information content (AvgIpc) is 3.11. The Balaban J connectivity index is 3.16. The van der Waals surface area contributed by atoms with Crippen LogP contribution in [-0.4, -0.2) is 77.5 Å². The minimum absolute atomic E-state index is 0.0108. The monoisotopic (exact) mass is 755 g/mol. The predicted molar refractivity (Wildman–Crippen MR) is 210 cm³/mol. The summed E-state index contributed by atoms with van der Waals surface area (Å²) < 4.78 is 5.10. The Hall–Kier alpha value is -4.52. The molecule has 54 heavy (non-hydrogen) atoms. The van der Waals surface area contributed by atoms with Crippen molar-refractivity contribution in [1.29, 1.82) is 0 Å². The Morgan fingerprint density at radius 1 is 0.722 bits per heavy atom. The average molecular weight is 756 g/mol. The maximum absolute atomic E-state index is 13.9. The molecule has 0 fully saturated rings. The highest BCUT2D eigenvalue weighted by Gasteiger charge is 2.35. The standard InChI is InChI=1S/C41H65N5O8/c1-11-13-20-54-41(53)46-36(27(7)8)40(52)44-32(23-33(47)28(9)17-12-2)38(50)43-31(21-25(3)4)34(48)22-29(10)37(49)45-35(26(5)6)39(51)42-24-30-18-15-14-16-19-30/h11-12,14-16,18-19,25-29,31-32,34-36,48H,1-2,13,17,20-24H2,3-10H3,(H,42,51)(H,43,50)(H,44,52)(H,45,49)(H,46,53)/t28-,29-,31+,32+,34+,35+,36+/m1/s1. The summed E-state index contributed by atoms with van der Waals surface area (Å²) in [5, 5.41) is 25.1. The minimum Gasteiger partial charge on any atom is -0.449 e. The Morgan fingerprint density at radius 2 is 1.33 bits per heavy atom. The van der Waals surface area contributed by atoms with E-state index in [1.165, 1.54) is 0 Å². The van der Waals surface area contributed by atoms with Crippen molar-refractivity contribution in [2.75, 3.05) is 6.61 Å². The molecule has 0 heterocycles. The normalized spacial score (nSPS) is 15.1. The molecule has 0 saturated heterocycles. The number of hydrogen-bond acceptors (Lipinski definition) is 8. The molecule has 0 spiro atoms. The lowest BCUT2D eigenvalue weighted by atomic mass is 9.91. The zero-order valence-electron chi connectivity index (χ0n) is 33.5. The first-order valence-electron chi connectivity index (χ1n) is 19.0. The molecular formula is C41H65N5O8. The van der Waals surface area contributed by atoms with E-state index in [0.29, 0.717) is 25.8 Å². The Kier molecular flexibility index (Phi) is 21.8. The third-order valence-corrected chi connectivity index (χ3v) is 9.00. The quantitative estimate of drug-likeness (QED) is 0.0627. The van der Waals surface area contributed by atoms with Gasteiger partial charge in [0.25, 0.3) is 0 Å². The number of ketones is 1. The number of carbonyl (C=O) groups excluding carboxylic acids is 6. The number of benzene rings is 1. The molecule has 0 aromatic heterocycles. The first-order chi connectivity index (χ1) is 25.4. The Bertz CT molecular complexity index is 1380. The van der Waals surface area contributed by atoms with Crippen LogP contribution in [0.15, 0.2) is 55.6 Å². The zero-order valence-corrected chi connectivity index (χ0v) is 33.5. The fraction of sp³-hybridized carbons (Fsp3) is 0.610. The largest absolute Gasteiger partial charge is 0.449 e. The van der Waals surface area contributed by atoms with Gasteiger partial charge in [0.2, 0.25) is 23.6 Å². The van der Waals surface area contributed by atoms with E-state index in [4.69, 9.17) is 4.74 Å². The van der Waals surface area contributed by atoms with Gasteiger partial charge in [-0.25, -0.2) is 4.79 Å². The van der Waals surface area contributed by atoms with Gasteiger partial charge in [-0.3, -0.25) is 24.0 Å². The van der Waals surface area contributed by atoms with Gasteiger partial charge in [0.15, 0.2) is 0 Å². The van der Waals surface area contributed by atoms with Gasteiger partial charge < -0.3 is 36.4 Å². The molecule has 0 radical (unpaired) electrons. The van der Waals surface area contributed by atoms with Crippen LogP contribution in [0, 0.1) is 29.6 Å². The third kappa shape index (κ3) is 17.5. The van der Waals surface area contributed by atoms with E-state index in [0.717, 1.165) is 5.56 Å². The molecule has 5 amide bonds. The summed E-state index contributed by atoms with van der Waals surface area (Å²) >= 11 is 0. The van der Waals surface area contributed by atoms with E-state index in [9.17, 15) is 33.9 Å². The lowest BCUT2D eigenvalue weighted by Gasteiger charge is -2.31. The molecule has 0 unspecified atom stereocenters. The van der Waals surface area contributed by atoms with E-state index in [1.807, 2.05) is 58.0 Å². The number of rotatable bonds is 25. The van der Waals surface area contributed by atoms with Crippen molar-refractivity contribution in [1.82, 2.24) is 26.6 Å². The number of alkyl carbamates (subject to hydrolysis) is 1. The second-order valence-electron chi connectivity index (χ2n) is 15.1. The second kappa shape index (κ2) is 24.7. The van der Waals surface area contributed by atoms with Crippen molar-refractivity contribution in [3.63, 3.8) is 0 Å². The SMILES string of the molecule is C=CCCOC(=O)N[C@H](C(=O)N[C@@H](CC(=O)[C@H](C)CC=C)C(=O)N[C@@H](CC(C)C)[C@@H](O)C[C@@H](C)C(=O)N[C@H](C(=O)NCc1ccccc1)C(C)C)C(C)C. The fourth-order valence-corrected chi connectivity index (χ4v) is 5.66. The van der Waals surface area contributed by atoms with Crippen molar-refractivity contribution in [3.05, 3.63) is 61.2 Å². The van der Waals surface area contributed by atoms with E-state index < -0.39 is 71.8 Å². The molecule has 1 aromatic carbocycles. The van der Waals surface area contributed by atoms with Crippen LogP contribution in [0.4, 0.5) is 4.79 Å². The van der Waals surface area contributed by atoms with Gasteiger partial charge in [0, 0.05) is 24.8 Å². The molecule has 0 aliphatic carbocycles. The lowest BCUT2D eigenvalue weighted by Crippen LogP contribution is -2.58. The summed E-state index contributed by atoms with van der Waals surface area (Å²) in [6, 6.07) is 5.35. The summed E-state index contributed by atoms with van der Waals surface area (Å²) in [5.41, 5.74) is 0.919. The number of aliphatic hydroxyl groups excluding tert-OH is 1. The van der Waals surface area contributed by atoms with E-state index in [-0.39, 0.29) is 43.0 Å².